The predicted molar refractivity (Wildman–Crippen MR) is 265 cm³/mol. The van der Waals surface area contributed by atoms with Gasteiger partial charge < -0.3 is 8.98 Å². The van der Waals surface area contributed by atoms with Crippen LogP contribution in [-0.4, -0.2) is 10.3 Å². The van der Waals surface area contributed by atoms with Crippen molar-refractivity contribution in [3.8, 4) is 5.69 Å². The molecule has 0 atom stereocenters. The maximum atomic E-state index is 7.15. The minimum absolute atomic E-state index is 0.619. The lowest BCUT2D eigenvalue weighted by molar-refractivity contribution is 0.667. The number of hydrogen-bond acceptors (Lipinski definition) is 3. The Balaban J connectivity index is 1.16. The average Bonchev–Trinajstić information content (AvgIpc) is 3.99. The summed E-state index contributed by atoms with van der Waals surface area (Å²) in [7, 11) is 0. The highest BCUT2D eigenvalue weighted by atomic mass is 32.1. The van der Waals surface area contributed by atoms with E-state index in [2.05, 4.69) is 199 Å². The highest BCUT2D eigenvalue weighted by molar-refractivity contribution is 7.25. The minimum Gasteiger partial charge on any atom is -0.455 e. The molecule has 0 amide bonds. The second kappa shape index (κ2) is 13.6. The summed E-state index contributed by atoms with van der Waals surface area (Å²) >= 11 is 1.84. The molecular formula is C58H36N2OS. The van der Waals surface area contributed by atoms with Crippen molar-refractivity contribution in [3.63, 3.8) is 0 Å². The SMILES string of the molecule is C=C1/C=C(/c2c(-n3c4ccccc4c4cc5ccccc5cc43)c3ccccc3c3c2oc2ccccc23)N=C(c2ccccc2)CC=C1c1ccc2c(c1)sc1ccccc12. The molecule has 3 nitrogen and oxygen atoms in total. The molecule has 0 bridgehead atoms. The zero-order chi connectivity index (χ0) is 40.9. The van der Waals surface area contributed by atoms with E-state index in [0.29, 0.717) is 6.42 Å². The van der Waals surface area contributed by atoms with Gasteiger partial charge in [-0.2, -0.15) is 0 Å². The summed E-state index contributed by atoms with van der Waals surface area (Å²) in [6, 6.07) is 65.5. The average molecular weight is 809 g/mol. The van der Waals surface area contributed by atoms with Gasteiger partial charge in [0.05, 0.1) is 33.7 Å². The van der Waals surface area contributed by atoms with Gasteiger partial charge in [0.2, 0.25) is 0 Å². The minimum atomic E-state index is 0.619. The fourth-order valence-corrected chi connectivity index (χ4v) is 11.1. The van der Waals surface area contributed by atoms with Crippen LogP contribution in [0.1, 0.15) is 23.1 Å². The highest BCUT2D eigenvalue weighted by Crippen LogP contribution is 2.48. The van der Waals surface area contributed by atoms with Gasteiger partial charge in [0.25, 0.3) is 0 Å². The lowest BCUT2D eigenvalue weighted by atomic mass is 9.91. The van der Waals surface area contributed by atoms with Crippen LogP contribution in [0.25, 0.3) is 102 Å². The molecule has 0 spiro atoms. The number of nitrogens with zero attached hydrogens (tertiary/aromatic N) is 2. The Labute approximate surface area is 361 Å². The molecule has 13 rings (SSSR count). The monoisotopic (exact) mass is 808 g/mol. The third-order valence-electron chi connectivity index (χ3n) is 12.7. The van der Waals surface area contributed by atoms with Gasteiger partial charge in [0, 0.05) is 53.5 Å². The molecule has 290 valence electrons. The molecule has 3 aromatic heterocycles. The molecule has 4 heterocycles. The number of furan rings is 1. The molecule has 4 heteroatoms. The second-order valence-electron chi connectivity index (χ2n) is 16.3. The van der Waals surface area contributed by atoms with E-state index in [1.807, 2.05) is 11.3 Å². The molecule has 1 aliphatic rings. The largest absolute Gasteiger partial charge is 0.455 e. The number of aromatic nitrogens is 1. The van der Waals surface area contributed by atoms with E-state index in [0.717, 1.165) is 88.7 Å². The van der Waals surface area contributed by atoms with E-state index >= 15 is 0 Å². The first kappa shape index (κ1) is 35.0. The number of hydrogen-bond donors (Lipinski definition) is 0. The zero-order valence-electron chi connectivity index (χ0n) is 33.6. The van der Waals surface area contributed by atoms with Gasteiger partial charge in [0.15, 0.2) is 0 Å². The van der Waals surface area contributed by atoms with E-state index < -0.39 is 0 Å². The Morgan fingerprint density at radius 1 is 0.532 bits per heavy atom. The Morgan fingerprint density at radius 2 is 1.21 bits per heavy atom. The third kappa shape index (κ3) is 5.27. The van der Waals surface area contributed by atoms with Gasteiger partial charge in [-0.05, 0) is 80.9 Å². The van der Waals surface area contributed by atoms with Gasteiger partial charge in [-0.3, -0.25) is 4.99 Å². The number of fused-ring (bicyclic) bond motifs is 12. The van der Waals surface area contributed by atoms with Crippen LogP contribution in [0.3, 0.4) is 0 Å². The van der Waals surface area contributed by atoms with Crippen LogP contribution in [0.5, 0.6) is 0 Å². The van der Waals surface area contributed by atoms with Crippen molar-refractivity contribution in [3.05, 3.63) is 223 Å². The van der Waals surface area contributed by atoms with Crippen molar-refractivity contribution in [1.29, 1.82) is 0 Å². The Hall–Kier alpha value is -7.79. The van der Waals surface area contributed by atoms with Crippen molar-refractivity contribution in [2.75, 3.05) is 0 Å². The first-order valence-corrected chi connectivity index (χ1v) is 21.9. The molecular weight excluding hydrogens is 773 g/mol. The summed E-state index contributed by atoms with van der Waals surface area (Å²) in [6.45, 7) is 4.83. The summed E-state index contributed by atoms with van der Waals surface area (Å²) in [5.74, 6) is 0. The summed E-state index contributed by atoms with van der Waals surface area (Å²) < 4.78 is 12.2. The predicted octanol–water partition coefficient (Wildman–Crippen LogP) is 16.2. The van der Waals surface area contributed by atoms with Crippen LogP contribution in [-0.2, 0) is 0 Å². The molecule has 0 N–H and O–H groups in total. The zero-order valence-corrected chi connectivity index (χ0v) is 34.4. The molecule has 12 aromatic rings. The molecule has 0 unspecified atom stereocenters. The van der Waals surface area contributed by atoms with Crippen LogP contribution in [0.15, 0.2) is 216 Å². The van der Waals surface area contributed by atoms with Gasteiger partial charge in [-0.1, -0.05) is 158 Å². The Bertz CT molecular complexity index is 3960. The van der Waals surface area contributed by atoms with Crippen LogP contribution < -0.4 is 0 Å². The standard InChI is InChI=1S/C58H36N2OS/c1-35-31-49(59-48(36-15-3-2-4-16-36)30-29-40(35)39-27-28-43-42-20-11-14-26-53(42)62-54(43)34-39)56-57(45-22-8-7-21-44(45)55-46-23-10-13-25-52(46)61-58(55)56)60-50-24-12-9-19-41(50)47-32-37-17-5-6-18-38(37)33-51(47)60/h2-29,31-34H,1,30H2/b40-29?,49-31-,59-48?. The van der Waals surface area contributed by atoms with Crippen LogP contribution in [0.2, 0.25) is 0 Å². The van der Waals surface area contributed by atoms with E-state index in [9.17, 15) is 0 Å². The molecule has 1 aliphatic heterocycles. The Morgan fingerprint density at radius 3 is 2.06 bits per heavy atom. The van der Waals surface area contributed by atoms with Crippen molar-refractivity contribution >= 4 is 114 Å². The fraction of sp³-hybridized carbons (Fsp3) is 0.0172. The summed E-state index contributed by atoms with van der Waals surface area (Å²) in [5.41, 5.74) is 11.8. The number of rotatable bonds is 4. The van der Waals surface area contributed by atoms with E-state index in [1.165, 1.54) is 41.7 Å². The number of allylic oxidation sites excluding steroid dienone is 4. The lowest BCUT2D eigenvalue weighted by Gasteiger charge is -2.21. The maximum absolute atomic E-state index is 7.15. The van der Waals surface area contributed by atoms with Crippen LogP contribution >= 0.6 is 11.3 Å². The maximum Gasteiger partial charge on any atom is 0.147 e. The molecule has 0 saturated carbocycles. The lowest BCUT2D eigenvalue weighted by Crippen LogP contribution is -2.06. The normalized spacial score (nSPS) is 14.6. The quantitative estimate of drug-likeness (QED) is 0.174. The van der Waals surface area contributed by atoms with Crippen LogP contribution in [0, 0.1) is 0 Å². The smallest absolute Gasteiger partial charge is 0.147 e. The third-order valence-corrected chi connectivity index (χ3v) is 13.9. The highest BCUT2D eigenvalue weighted by Gasteiger charge is 2.28. The fourth-order valence-electron chi connectivity index (χ4n) is 9.94. The molecule has 0 radical (unpaired) electrons. The first-order chi connectivity index (χ1) is 30.7. The summed E-state index contributed by atoms with van der Waals surface area (Å²) in [5, 5.41) is 11.8. The Kier molecular flexibility index (Phi) is 7.69. The second-order valence-corrected chi connectivity index (χ2v) is 17.3. The molecule has 9 aromatic carbocycles. The van der Waals surface area contributed by atoms with Crippen molar-refractivity contribution in [1.82, 2.24) is 4.57 Å². The summed E-state index contributed by atoms with van der Waals surface area (Å²) in [4.78, 5) is 5.74. The van der Waals surface area contributed by atoms with Gasteiger partial charge in [-0.15, -0.1) is 11.3 Å². The van der Waals surface area contributed by atoms with Crippen LogP contribution in [0.4, 0.5) is 0 Å². The molecule has 0 saturated heterocycles. The first-order valence-electron chi connectivity index (χ1n) is 21.1. The van der Waals surface area contributed by atoms with E-state index in [4.69, 9.17) is 16.0 Å². The number of benzene rings is 9. The summed E-state index contributed by atoms with van der Waals surface area (Å²) in [6.07, 6.45) is 5.13. The number of thiophene rings is 1. The molecule has 0 fully saturated rings. The topological polar surface area (TPSA) is 30.4 Å². The molecule has 62 heavy (non-hydrogen) atoms. The number of para-hydroxylation sites is 2. The van der Waals surface area contributed by atoms with Gasteiger partial charge in [0.1, 0.15) is 11.2 Å². The van der Waals surface area contributed by atoms with Gasteiger partial charge in [-0.25, -0.2) is 0 Å². The van der Waals surface area contributed by atoms with Crippen molar-refractivity contribution in [2.24, 2.45) is 4.99 Å². The number of aliphatic imine (C=N–C) groups is 1. The van der Waals surface area contributed by atoms with E-state index in [1.54, 1.807) is 0 Å². The molecule has 0 aliphatic carbocycles. The van der Waals surface area contributed by atoms with E-state index in [-0.39, 0.29) is 0 Å². The van der Waals surface area contributed by atoms with Gasteiger partial charge >= 0.3 is 0 Å². The van der Waals surface area contributed by atoms with Crippen molar-refractivity contribution in [2.45, 2.75) is 6.42 Å². The van der Waals surface area contributed by atoms with Crippen molar-refractivity contribution < 1.29 is 4.42 Å².